The van der Waals surface area contributed by atoms with Gasteiger partial charge in [0.05, 0.1) is 14.2 Å². The molecule has 0 amide bonds. The van der Waals surface area contributed by atoms with E-state index in [9.17, 15) is 5.11 Å². The molecule has 0 spiro atoms. The lowest BCUT2D eigenvalue weighted by Gasteiger charge is -2.18. The van der Waals surface area contributed by atoms with E-state index in [0.717, 1.165) is 25.7 Å². The predicted octanol–water partition coefficient (Wildman–Crippen LogP) is 4.93. The molecular weight excluding hydrogens is 236 g/mol. The first-order chi connectivity index (χ1) is 8.40. The molecule has 0 aromatic heterocycles. The molecule has 0 radical (unpaired) electrons. The third kappa shape index (κ3) is 9.70. The van der Waals surface area contributed by atoms with E-state index < -0.39 is 8.07 Å². The fourth-order valence-electron chi connectivity index (χ4n) is 1.88. The first-order valence-corrected chi connectivity index (χ1v) is 11.1. The van der Waals surface area contributed by atoms with Crippen LogP contribution in [0.3, 0.4) is 0 Å². The molecule has 0 rings (SSSR count). The van der Waals surface area contributed by atoms with E-state index in [2.05, 4.69) is 51.0 Å². The van der Waals surface area contributed by atoms with Crippen LogP contribution in [-0.4, -0.2) is 19.3 Å². The molecular formula is C16H32OSi. The van der Waals surface area contributed by atoms with E-state index in [4.69, 9.17) is 0 Å². The first-order valence-electron chi connectivity index (χ1n) is 7.52. The fourth-order valence-corrected chi connectivity index (χ4v) is 2.47. The van der Waals surface area contributed by atoms with Crippen molar-refractivity contribution in [3.8, 4) is 0 Å². The lowest BCUT2D eigenvalue weighted by atomic mass is 9.92. The van der Waals surface area contributed by atoms with Gasteiger partial charge in [0.1, 0.15) is 0 Å². The summed E-state index contributed by atoms with van der Waals surface area (Å²) >= 11 is 0. The average Bonchev–Trinajstić information content (AvgIpc) is 2.29. The molecule has 2 heteroatoms. The Balaban J connectivity index is 4.52. The third-order valence-corrected chi connectivity index (χ3v) is 4.10. The molecule has 0 aliphatic heterocycles. The highest BCUT2D eigenvalue weighted by Crippen LogP contribution is 2.19. The van der Waals surface area contributed by atoms with Gasteiger partial charge in [-0.05, 0) is 18.9 Å². The second-order valence-corrected chi connectivity index (χ2v) is 11.4. The summed E-state index contributed by atoms with van der Waals surface area (Å²) in [7, 11) is -1.16. The average molecular weight is 269 g/mol. The zero-order valence-electron chi connectivity index (χ0n) is 13.0. The first kappa shape index (κ1) is 17.7. The monoisotopic (exact) mass is 268 g/mol. The molecule has 0 heterocycles. The second-order valence-electron chi connectivity index (χ2n) is 6.36. The molecule has 1 nitrogen and oxygen atoms in total. The molecule has 106 valence electrons. The van der Waals surface area contributed by atoms with E-state index in [1.54, 1.807) is 0 Å². The van der Waals surface area contributed by atoms with Crippen molar-refractivity contribution in [2.45, 2.75) is 78.1 Å². The van der Waals surface area contributed by atoms with Crippen molar-refractivity contribution in [2.24, 2.45) is 5.92 Å². The number of aliphatic hydroxyl groups is 1. The number of hydrogen-bond donors (Lipinski definition) is 1. The van der Waals surface area contributed by atoms with Crippen molar-refractivity contribution >= 4 is 8.07 Å². The predicted molar refractivity (Wildman–Crippen MR) is 84.5 cm³/mol. The zero-order chi connectivity index (χ0) is 14.0. The molecule has 0 aliphatic carbocycles. The molecule has 0 fully saturated rings. The van der Waals surface area contributed by atoms with Crippen LogP contribution in [0.5, 0.6) is 0 Å². The highest BCUT2D eigenvalue weighted by Gasteiger charge is 2.15. The van der Waals surface area contributed by atoms with Gasteiger partial charge < -0.3 is 5.11 Å². The Morgan fingerprint density at radius 1 is 1.06 bits per heavy atom. The van der Waals surface area contributed by atoms with Crippen LogP contribution in [0.2, 0.25) is 19.6 Å². The molecule has 1 N–H and O–H groups in total. The van der Waals surface area contributed by atoms with E-state index in [-0.39, 0.29) is 6.10 Å². The quantitative estimate of drug-likeness (QED) is 0.464. The largest absolute Gasteiger partial charge is 0.392 e. The molecule has 0 unspecified atom stereocenters. The minimum absolute atomic E-state index is 0.181. The molecule has 0 saturated heterocycles. The van der Waals surface area contributed by atoms with Crippen LogP contribution in [0.4, 0.5) is 0 Å². The summed E-state index contributed by atoms with van der Waals surface area (Å²) in [6.45, 7) is 11.3. The maximum atomic E-state index is 10.2. The van der Waals surface area contributed by atoms with Crippen molar-refractivity contribution < 1.29 is 5.11 Å². The van der Waals surface area contributed by atoms with Gasteiger partial charge in [-0.25, -0.2) is 0 Å². The Morgan fingerprint density at radius 3 is 2.11 bits per heavy atom. The van der Waals surface area contributed by atoms with E-state index in [1.807, 2.05) is 0 Å². The van der Waals surface area contributed by atoms with Gasteiger partial charge in [-0.3, -0.25) is 0 Å². The highest BCUT2D eigenvalue weighted by molar-refractivity contribution is 6.80. The van der Waals surface area contributed by atoms with Crippen LogP contribution >= 0.6 is 0 Å². The van der Waals surface area contributed by atoms with Gasteiger partial charge in [0, 0.05) is 5.92 Å². The third-order valence-electron chi connectivity index (χ3n) is 3.07. The zero-order valence-corrected chi connectivity index (χ0v) is 14.0. The van der Waals surface area contributed by atoms with Crippen LogP contribution in [0.1, 0.15) is 52.4 Å². The van der Waals surface area contributed by atoms with Crippen LogP contribution in [0.15, 0.2) is 17.5 Å². The number of unbranched alkanes of at least 4 members (excludes halogenated alkanes) is 2. The Hall–Kier alpha value is -0.303. The summed E-state index contributed by atoms with van der Waals surface area (Å²) in [6.07, 6.45) is 8.63. The Labute approximate surface area is 115 Å². The van der Waals surface area contributed by atoms with Gasteiger partial charge in [0.25, 0.3) is 0 Å². The Morgan fingerprint density at radius 2 is 1.61 bits per heavy atom. The van der Waals surface area contributed by atoms with Crippen LogP contribution in [0, 0.1) is 5.92 Å². The summed E-state index contributed by atoms with van der Waals surface area (Å²) in [5, 5.41) is 10.2. The maximum Gasteiger partial charge on any atom is 0.0781 e. The summed E-state index contributed by atoms with van der Waals surface area (Å²) in [5.41, 5.74) is 5.58. The second kappa shape index (κ2) is 9.60. The molecule has 0 saturated carbocycles. The van der Waals surface area contributed by atoms with E-state index in [0.29, 0.717) is 5.92 Å². The van der Waals surface area contributed by atoms with Gasteiger partial charge in [-0.2, -0.15) is 0 Å². The van der Waals surface area contributed by atoms with Gasteiger partial charge in [-0.15, -0.1) is 5.73 Å². The standard InChI is InChI=1S/C16H32OSi/c1-6-8-11-15(16(17)13-9-7-2)12-10-14-18(3,4)5/h12,14-17H,6-9,11,13H2,1-5H3/t10?,15-,16+/m0/s1. The van der Waals surface area contributed by atoms with Crippen molar-refractivity contribution in [1.82, 2.24) is 0 Å². The summed E-state index contributed by atoms with van der Waals surface area (Å²) in [5.74, 6) is 0.295. The summed E-state index contributed by atoms with van der Waals surface area (Å²) in [6, 6.07) is 0. The summed E-state index contributed by atoms with van der Waals surface area (Å²) in [4.78, 5) is 0. The van der Waals surface area contributed by atoms with Gasteiger partial charge in [-0.1, -0.05) is 64.9 Å². The molecule has 0 bridgehead atoms. The molecule has 0 aromatic rings. The van der Waals surface area contributed by atoms with Gasteiger partial charge in [0.2, 0.25) is 0 Å². The Bertz CT molecular complexity index is 259. The Kier molecular flexibility index (Phi) is 9.44. The maximum absolute atomic E-state index is 10.2. The molecule has 0 aliphatic rings. The minimum atomic E-state index is -1.16. The SMILES string of the molecule is CCCC[C@@H](O)[C@H](C=C=C[Si](C)(C)C)CCCC. The number of rotatable bonds is 9. The van der Waals surface area contributed by atoms with Crippen LogP contribution in [0.25, 0.3) is 0 Å². The topological polar surface area (TPSA) is 20.2 Å². The lowest BCUT2D eigenvalue weighted by Crippen LogP contribution is -2.19. The van der Waals surface area contributed by atoms with E-state index in [1.165, 1.54) is 12.8 Å². The van der Waals surface area contributed by atoms with Crippen LogP contribution in [-0.2, 0) is 0 Å². The number of aliphatic hydroxyl groups excluding tert-OH is 1. The normalized spacial score (nSPS) is 14.8. The highest BCUT2D eigenvalue weighted by atomic mass is 28.3. The van der Waals surface area contributed by atoms with Crippen molar-refractivity contribution in [3.63, 3.8) is 0 Å². The van der Waals surface area contributed by atoms with Crippen LogP contribution < -0.4 is 0 Å². The van der Waals surface area contributed by atoms with Gasteiger partial charge in [0.15, 0.2) is 0 Å². The number of hydrogen-bond acceptors (Lipinski definition) is 1. The van der Waals surface area contributed by atoms with Crippen molar-refractivity contribution in [1.29, 1.82) is 0 Å². The lowest BCUT2D eigenvalue weighted by molar-refractivity contribution is 0.113. The molecule has 0 aromatic carbocycles. The van der Waals surface area contributed by atoms with E-state index >= 15 is 0 Å². The van der Waals surface area contributed by atoms with Crippen molar-refractivity contribution in [2.75, 3.05) is 0 Å². The minimum Gasteiger partial charge on any atom is -0.392 e. The smallest absolute Gasteiger partial charge is 0.0781 e. The molecule has 18 heavy (non-hydrogen) atoms. The van der Waals surface area contributed by atoms with Gasteiger partial charge >= 0.3 is 0 Å². The molecule has 2 atom stereocenters. The fraction of sp³-hybridized carbons (Fsp3) is 0.812. The summed E-state index contributed by atoms with van der Waals surface area (Å²) < 4.78 is 0. The van der Waals surface area contributed by atoms with Crippen molar-refractivity contribution in [3.05, 3.63) is 17.5 Å².